The van der Waals surface area contributed by atoms with Gasteiger partial charge in [-0.05, 0) is 41.1 Å². The molecule has 0 unspecified atom stereocenters. The first-order valence-electron chi connectivity index (χ1n) is 6.33. The lowest BCUT2D eigenvalue weighted by Gasteiger charge is -2.30. The standard InChI is InChI=1S/C13H17BrN2O2S/c1-19-11-5-3-2-4-10(11)16-12(17)8-6-9(14)13(18)15-7-8/h6-7,10-11H,2-5H2,1H3,(H,15,18)(H,16,17)/t10-,11-/m1/s1. The Balaban J connectivity index is 2.07. The zero-order valence-electron chi connectivity index (χ0n) is 10.7. The number of pyridine rings is 1. The van der Waals surface area contributed by atoms with E-state index in [1.54, 1.807) is 6.07 Å². The van der Waals surface area contributed by atoms with Gasteiger partial charge in [0.25, 0.3) is 11.5 Å². The normalized spacial score (nSPS) is 23.1. The number of hydrogen-bond donors (Lipinski definition) is 2. The van der Waals surface area contributed by atoms with Crippen LogP contribution in [0.25, 0.3) is 0 Å². The molecular formula is C13H17BrN2O2S. The van der Waals surface area contributed by atoms with Crippen LogP contribution < -0.4 is 10.9 Å². The molecule has 1 aromatic rings. The highest BCUT2D eigenvalue weighted by Gasteiger charge is 2.26. The minimum atomic E-state index is -0.226. The Kier molecular flexibility index (Phi) is 5.10. The predicted molar refractivity (Wildman–Crippen MR) is 81.8 cm³/mol. The summed E-state index contributed by atoms with van der Waals surface area (Å²) < 4.78 is 0.380. The second-order valence-corrected chi connectivity index (χ2v) is 6.64. The van der Waals surface area contributed by atoms with E-state index in [1.807, 2.05) is 11.8 Å². The van der Waals surface area contributed by atoms with Gasteiger partial charge >= 0.3 is 0 Å². The summed E-state index contributed by atoms with van der Waals surface area (Å²) in [5, 5.41) is 3.57. The van der Waals surface area contributed by atoms with E-state index in [9.17, 15) is 9.59 Å². The number of aromatic nitrogens is 1. The number of nitrogens with one attached hydrogen (secondary N) is 2. The quantitative estimate of drug-likeness (QED) is 0.885. The first kappa shape index (κ1) is 14.7. The average molecular weight is 345 g/mol. The van der Waals surface area contributed by atoms with Crippen molar-refractivity contribution in [1.29, 1.82) is 0 Å². The van der Waals surface area contributed by atoms with Gasteiger partial charge in [-0.3, -0.25) is 9.59 Å². The molecule has 0 saturated heterocycles. The Morgan fingerprint density at radius 3 is 2.89 bits per heavy atom. The van der Waals surface area contributed by atoms with Crippen LogP contribution in [-0.2, 0) is 0 Å². The monoisotopic (exact) mass is 344 g/mol. The molecule has 1 aromatic heterocycles. The van der Waals surface area contributed by atoms with Gasteiger partial charge in [0.15, 0.2) is 0 Å². The summed E-state index contributed by atoms with van der Waals surface area (Å²) in [4.78, 5) is 26.0. The molecule has 1 aliphatic rings. The van der Waals surface area contributed by atoms with E-state index in [-0.39, 0.29) is 17.5 Å². The lowest BCUT2D eigenvalue weighted by molar-refractivity contribution is 0.0929. The molecule has 6 heteroatoms. The lowest BCUT2D eigenvalue weighted by Crippen LogP contribution is -2.43. The average Bonchev–Trinajstić information content (AvgIpc) is 2.42. The molecule has 1 saturated carbocycles. The maximum absolute atomic E-state index is 12.2. The summed E-state index contributed by atoms with van der Waals surface area (Å²) in [5.74, 6) is -0.122. The van der Waals surface area contributed by atoms with Crippen LogP contribution in [0.5, 0.6) is 0 Å². The van der Waals surface area contributed by atoms with Gasteiger partial charge in [0.2, 0.25) is 0 Å². The Morgan fingerprint density at radius 2 is 2.21 bits per heavy atom. The van der Waals surface area contributed by atoms with Gasteiger partial charge < -0.3 is 10.3 Å². The van der Waals surface area contributed by atoms with Crippen molar-refractivity contribution < 1.29 is 4.79 Å². The van der Waals surface area contributed by atoms with E-state index in [0.29, 0.717) is 15.3 Å². The van der Waals surface area contributed by atoms with Gasteiger partial charge in [-0.25, -0.2) is 0 Å². The molecule has 0 aliphatic heterocycles. The Hall–Kier alpha value is -0.750. The Bertz CT molecular complexity index is 518. The molecule has 1 heterocycles. The van der Waals surface area contributed by atoms with Gasteiger partial charge in [0.05, 0.1) is 10.0 Å². The van der Waals surface area contributed by atoms with Crippen LogP contribution in [0.2, 0.25) is 0 Å². The number of thioether (sulfide) groups is 1. The molecule has 0 radical (unpaired) electrons. The summed E-state index contributed by atoms with van der Waals surface area (Å²) in [7, 11) is 0. The van der Waals surface area contributed by atoms with Gasteiger partial charge in [-0.15, -0.1) is 0 Å². The van der Waals surface area contributed by atoms with Crippen molar-refractivity contribution in [1.82, 2.24) is 10.3 Å². The van der Waals surface area contributed by atoms with Gasteiger partial charge in [0, 0.05) is 17.5 Å². The summed E-state index contributed by atoms with van der Waals surface area (Å²) in [6, 6.07) is 1.78. The first-order chi connectivity index (χ1) is 9.11. The second kappa shape index (κ2) is 6.61. The number of halogens is 1. The molecule has 0 aromatic carbocycles. The van der Waals surface area contributed by atoms with Gasteiger partial charge in [-0.1, -0.05) is 12.8 Å². The van der Waals surface area contributed by atoms with Crippen LogP contribution in [0.15, 0.2) is 21.5 Å². The van der Waals surface area contributed by atoms with E-state index in [2.05, 4.69) is 32.5 Å². The zero-order chi connectivity index (χ0) is 13.8. The SMILES string of the molecule is CS[C@@H]1CCCC[C@H]1NC(=O)c1c[nH]c(=O)c(Br)c1. The molecule has 1 amide bonds. The fourth-order valence-corrected chi connectivity index (χ4v) is 3.68. The van der Waals surface area contributed by atoms with Crippen molar-refractivity contribution in [3.8, 4) is 0 Å². The third kappa shape index (κ3) is 3.63. The highest BCUT2D eigenvalue weighted by molar-refractivity contribution is 9.10. The molecule has 19 heavy (non-hydrogen) atoms. The number of hydrogen-bond acceptors (Lipinski definition) is 3. The first-order valence-corrected chi connectivity index (χ1v) is 8.42. The predicted octanol–water partition coefficient (Wildman–Crippen LogP) is 2.54. The fraction of sp³-hybridized carbons (Fsp3) is 0.538. The molecule has 2 N–H and O–H groups in total. The number of carbonyl (C=O) groups is 1. The van der Waals surface area contributed by atoms with E-state index in [1.165, 1.54) is 12.6 Å². The van der Waals surface area contributed by atoms with Crippen molar-refractivity contribution in [2.24, 2.45) is 0 Å². The lowest BCUT2D eigenvalue weighted by atomic mass is 9.94. The van der Waals surface area contributed by atoms with E-state index in [0.717, 1.165) is 19.3 Å². The molecule has 0 spiro atoms. The molecule has 4 nitrogen and oxygen atoms in total. The maximum Gasteiger partial charge on any atom is 0.262 e. The van der Waals surface area contributed by atoms with Gasteiger partial charge in [0.1, 0.15) is 0 Å². The topological polar surface area (TPSA) is 62.0 Å². The minimum Gasteiger partial charge on any atom is -0.348 e. The Morgan fingerprint density at radius 1 is 1.47 bits per heavy atom. The maximum atomic E-state index is 12.2. The van der Waals surface area contributed by atoms with Gasteiger partial charge in [-0.2, -0.15) is 11.8 Å². The minimum absolute atomic E-state index is 0.122. The number of amides is 1. The highest BCUT2D eigenvalue weighted by atomic mass is 79.9. The largest absolute Gasteiger partial charge is 0.348 e. The van der Waals surface area contributed by atoms with E-state index >= 15 is 0 Å². The summed E-state index contributed by atoms with van der Waals surface area (Å²) in [6.07, 6.45) is 8.13. The molecule has 104 valence electrons. The van der Waals surface area contributed by atoms with E-state index < -0.39 is 0 Å². The second-order valence-electron chi connectivity index (χ2n) is 4.70. The fourth-order valence-electron chi connectivity index (χ4n) is 2.38. The number of carbonyl (C=O) groups excluding carboxylic acids is 1. The highest BCUT2D eigenvalue weighted by Crippen LogP contribution is 2.27. The van der Waals surface area contributed by atoms with Crippen LogP contribution in [0.4, 0.5) is 0 Å². The smallest absolute Gasteiger partial charge is 0.262 e. The van der Waals surface area contributed by atoms with Crippen LogP contribution in [0.1, 0.15) is 36.0 Å². The molecule has 2 atom stereocenters. The van der Waals surface area contributed by atoms with Crippen molar-refractivity contribution in [2.45, 2.75) is 37.0 Å². The van der Waals surface area contributed by atoms with Crippen molar-refractivity contribution in [2.75, 3.05) is 6.26 Å². The zero-order valence-corrected chi connectivity index (χ0v) is 13.1. The third-order valence-corrected chi connectivity index (χ3v) is 5.20. The van der Waals surface area contributed by atoms with Crippen LogP contribution in [0, 0.1) is 0 Å². The van der Waals surface area contributed by atoms with Crippen molar-refractivity contribution in [3.05, 3.63) is 32.7 Å². The number of H-pyrrole nitrogens is 1. The van der Waals surface area contributed by atoms with Crippen molar-refractivity contribution >= 4 is 33.6 Å². The molecule has 1 fully saturated rings. The summed E-state index contributed by atoms with van der Waals surface area (Å²) in [6.45, 7) is 0. The number of rotatable bonds is 3. The van der Waals surface area contributed by atoms with Crippen molar-refractivity contribution in [3.63, 3.8) is 0 Å². The molecular weight excluding hydrogens is 328 g/mol. The van der Waals surface area contributed by atoms with Crippen LogP contribution in [-0.4, -0.2) is 28.4 Å². The molecule has 2 rings (SSSR count). The number of aromatic amines is 1. The van der Waals surface area contributed by atoms with E-state index in [4.69, 9.17) is 0 Å². The Labute approximate surface area is 124 Å². The third-order valence-electron chi connectivity index (χ3n) is 3.44. The van der Waals surface area contributed by atoms with Crippen LogP contribution in [0.3, 0.4) is 0 Å². The summed E-state index contributed by atoms with van der Waals surface area (Å²) >= 11 is 4.95. The van der Waals surface area contributed by atoms with Crippen LogP contribution >= 0.6 is 27.7 Å². The molecule has 0 bridgehead atoms. The molecule has 1 aliphatic carbocycles. The summed E-state index contributed by atoms with van der Waals surface area (Å²) in [5.41, 5.74) is 0.258.